The van der Waals surface area contributed by atoms with Crippen LogP contribution in [0.25, 0.3) is 16.6 Å². The van der Waals surface area contributed by atoms with Crippen LogP contribution in [-0.4, -0.2) is 19.7 Å². The molecule has 0 fully saturated rings. The van der Waals surface area contributed by atoms with E-state index in [1.165, 1.54) is 18.5 Å². The molecular weight excluding hydrogens is 364 g/mol. The summed E-state index contributed by atoms with van der Waals surface area (Å²) in [5.74, 6) is 0.102. The summed E-state index contributed by atoms with van der Waals surface area (Å²) in [6.07, 6.45) is 4.73. The van der Waals surface area contributed by atoms with Crippen molar-refractivity contribution in [3.8, 4) is 5.69 Å². The zero-order valence-corrected chi connectivity index (χ0v) is 14.1. The van der Waals surface area contributed by atoms with E-state index in [4.69, 9.17) is 23.2 Å². The number of nitrogens with zero attached hydrogens (tertiary/aromatic N) is 4. The summed E-state index contributed by atoms with van der Waals surface area (Å²) in [6, 6.07) is 10.0. The molecule has 0 saturated carbocycles. The normalized spacial score (nSPS) is 11.0. The highest BCUT2D eigenvalue weighted by atomic mass is 35.5. The predicted octanol–water partition coefficient (Wildman–Crippen LogP) is 5.01. The zero-order valence-electron chi connectivity index (χ0n) is 12.6. The summed E-state index contributed by atoms with van der Waals surface area (Å²) in [6.45, 7) is 0. The third-order valence-electron chi connectivity index (χ3n) is 3.62. The molecule has 2 aromatic carbocycles. The predicted molar refractivity (Wildman–Crippen MR) is 96.4 cm³/mol. The van der Waals surface area contributed by atoms with Gasteiger partial charge in [-0.25, -0.2) is 19.0 Å². The van der Waals surface area contributed by atoms with Crippen LogP contribution in [0.5, 0.6) is 0 Å². The zero-order chi connectivity index (χ0) is 17.4. The van der Waals surface area contributed by atoms with E-state index >= 15 is 0 Å². The van der Waals surface area contributed by atoms with Crippen LogP contribution in [0, 0.1) is 5.82 Å². The first kappa shape index (κ1) is 15.8. The molecule has 0 atom stereocenters. The van der Waals surface area contributed by atoms with Crippen molar-refractivity contribution < 1.29 is 4.39 Å². The maximum absolute atomic E-state index is 13.3. The molecule has 5 nitrogen and oxygen atoms in total. The molecule has 0 saturated heterocycles. The fourth-order valence-electron chi connectivity index (χ4n) is 2.44. The summed E-state index contributed by atoms with van der Waals surface area (Å²) in [7, 11) is 0. The second kappa shape index (κ2) is 6.31. The van der Waals surface area contributed by atoms with E-state index in [0.717, 1.165) is 16.6 Å². The van der Waals surface area contributed by atoms with Crippen molar-refractivity contribution >= 4 is 45.6 Å². The summed E-state index contributed by atoms with van der Waals surface area (Å²) in [4.78, 5) is 8.54. The molecule has 0 aliphatic carbocycles. The summed E-state index contributed by atoms with van der Waals surface area (Å²) in [5, 5.41) is 8.70. The van der Waals surface area contributed by atoms with Gasteiger partial charge in [-0.2, -0.15) is 5.10 Å². The molecule has 2 aromatic heterocycles. The molecule has 0 amide bonds. The Labute approximate surface area is 152 Å². The van der Waals surface area contributed by atoms with Gasteiger partial charge in [0.05, 0.1) is 27.4 Å². The van der Waals surface area contributed by atoms with E-state index in [0.29, 0.717) is 16.5 Å². The number of benzene rings is 2. The minimum Gasteiger partial charge on any atom is -0.340 e. The van der Waals surface area contributed by atoms with E-state index < -0.39 is 5.82 Å². The molecular formula is C17H10Cl2FN5. The number of anilines is 2. The molecule has 25 heavy (non-hydrogen) atoms. The number of hydrogen-bond acceptors (Lipinski definition) is 4. The second-order valence-electron chi connectivity index (χ2n) is 5.28. The fraction of sp³-hybridized carbons (Fsp3) is 0. The minimum atomic E-state index is -0.474. The van der Waals surface area contributed by atoms with Gasteiger partial charge in [0.15, 0.2) is 0 Å². The van der Waals surface area contributed by atoms with E-state index in [1.807, 2.05) is 18.2 Å². The van der Waals surface area contributed by atoms with Crippen LogP contribution < -0.4 is 5.32 Å². The molecule has 1 N–H and O–H groups in total. The average Bonchev–Trinajstić information content (AvgIpc) is 3.05. The van der Waals surface area contributed by atoms with Crippen molar-refractivity contribution in [2.75, 3.05) is 5.32 Å². The monoisotopic (exact) mass is 373 g/mol. The number of nitrogens with one attached hydrogen (secondary N) is 1. The van der Waals surface area contributed by atoms with Crippen molar-refractivity contribution in [2.24, 2.45) is 0 Å². The van der Waals surface area contributed by atoms with E-state index in [2.05, 4.69) is 20.4 Å². The number of halogens is 3. The highest BCUT2D eigenvalue weighted by molar-refractivity contribution is 6.31. The Balaban J connectivity index is 1.78. The smallest absolute Gasteiger partial charge is 0.141 e. The lowest BCUT2D eigenvalue weighted by Gasteiger charge is -2.10. The van der Waals surface area contributed by atoms with E-state index in [9.17, 15) is 4.39 Å². The van der Waals surface area contributed by atoms with Gasteiger partial charge in [-0.3, -0.25) is 0 Å². The van der Waals surface area contributed by atoms with Crippen LogP contribution in [0.15, 0.2) is 55.1 Å². The highest BCUT2D eigenvalue weighted by Crippen LogP contribution is 2.27. The lowest BCUT2D eigenvalue weighted by Crippen LogP contribution is -1.99. The lowest BCUT2D eigenvalue weighted by molar-refractivity contribution is 0.628. The van der Waals surface area contributed by atoms with Gasteiger partial charge in [-0.1, -0.05) is 23.2 Å². The van der Waals surface area contributed by atoms with Crippen molar-refractivity contribution in [1.29, 1.82) is 0 Å². The second-order valence-corrected chi connectivity index (χ2v) is 6.12. The molecule has 0 unspecified atom stereocenters. The van der Waals surface area contributed by atoms with Crippen molar-refractivity contribution in [2.45, 2.75) is 0 Å². The van der Waals surface area contributed by atoms with Crippen molar-refractivity contribution in [3.63, 3.8) is 0 Å². The molecule has 0 radical (unpaired) electrons. The number of hydrogen-bond donors (Lipinski definition) is 1. The average molecular weight is 374 g/mol. The molecule has 2 heterocycles. The minimum absolute atomic E-state index is 0.0373. The first-order valence-electron chi connectivity index (χ1n) is 7.27. The Kier molecular flexibility index (Phi) is 3.99. The molecule has 0 aliphatic heterocycles. The molecule has 0 aliphatic rings. The van der Waals surface area contributed by atoms with E-state index in [1.54, 1.807) is 23.1 Å². The van der Waals surface area contributed by atoms with Crippen LogP contribution >= 0.6 is 23.2 Å². The maximum Gasteiger partial charge on any atom is 0.141 e. The van der Waals surface area contributed by atoms with Crippen molar-refractivity contribution in [1.82, 2.24) is 19.7 Å². The Morgan fingerprint density at radius 1 is 1.04 bits per heavy atom. The number of rotatable bonds is 3. The summed E-state index contributed by atoms with van der Waals surface area (Å²) < 4.78 is 15.0. The molecule has 4 rings (SSSR count). The Morgan fingerprint density at radius 2 is 1.92 bits per heavy atom. The molecule has 0 bridgehead atoms. The maximum atomic E-state index is 13.3. The summed E-state index contributed by atoms with van der Waals surface area (Å²) >= 11 is 11.8. The molecule has 0 spiro atoms. The number of aromatic nitrogens is 4. The van der Waals surface area contributed by atoms with Gasteiger partial charge >= 0.3 is 0 Å². The van der Waals surface area contributed by atoms with Gasteiger partial charge in [0.2, 0.25) is 0 Å². The van der Waals surface area contributed by atoms with Crippen LogP contribution in [0.4, 0.5) is 15.9 Å². The van der Waals surface area contributed by atoms with E-state index in [-0.39, 0.29) is 5.02 Å². The largest absolute Gasteiger partial charge is 0.340 e. The Morgan fingerprint density at radius 3 is 2.68 bits per heavy atom. The lowest BCUT2D eigenvalue weighted by atomic mass is 10.2. The topological polar surface area (TPSA) is 55.6 Å². The standard InChI is InChI=1S/C17H10Cl2FN5/c18-10-7-23-25(8-10)12-2-4-16-13(6-12)17(22-9-21-16)24-11-1-3-15(20)14(19)5-11/h1-9H,(H,21,22,24). The molecule has 8 heteroatoms. The quantitative estimate of drug-likeness (QED) is 0.548. The van der Waals surface area contributed by atoms with Gasteiger partial charge in [0, 0.05) is 17.3 Å². The Hall–Kier alpha value is -2.70. The van der Waals surface area contributed by atoms with Crippen LogP contribution in [0.1, 0.15) is 0 Å². The fourth-order valence-corrected chi connectivity index (χ4v) is 2.76. The van der Waals surface area contributed by atoms with Gasteiger partial charge in [-0.15, -0.1) is 0 Å². The third kappa shape index (κ3) is 3.14. The first-order valence-corrected chi connectivity index (χ1v) is 8.03. The third-order valence-corrected chi connectivity index (χ3v) is 4.10. The summed E-state index contributed by atoms with van der Waals surface area (Å²) in [5.41, 5.74) is 2.20. The van der Waals surface area contributed by atoms with Gasteiger partial charge < -0.3 is 5.32 Å². The SMILES string of the molecule is Fc1ccc(Nc2ncnc3ccc(-n4cc(Cl)cn4)cc23)cc1Cl. The van der Waals surface area contributed by atoms with Crippen LogP contribution in [-0.2, 0) is 0 Å². The highest BCUT2D eigenvalue weighted by Gasteiger charge is 2.08. The van der Waals surface area contributed by atoms with Crippen molar-refractivity contribution in [3.05, 3.63) is 71.0 Å². The number of fused-ring (bicyclic) bond motifs is 1. The van der Waals surface area contributed by atoms with Gasteiger partial charge in [-0.05, 0) is 36.4 Å². The van der Waals surface area contributed by atoms with Crippen LogP contribution in [0.3, 0.4) is 0 Å². The van der Waals surface area contributed by atoms with Crippen LogP contribution in [0.2, 0.25) is 10.0 Å². The first-order chi connectivity index (χ1) is 12.1. The van der Waals surface area contributed by atoms with Gasteiger partial charge in [0.1, 0.15) is 18.0 Å². The molecule has 4 aromatic rings. The molecule has 124 valence electrons. The van der Waals surface area contributed by atoms with Gasteiger partial charge in [0.25, 0.3) is 0 Å². The Bertz CT molecular complexity index is 1080.